The molecule has 1 aliphatic heterocycles. The van der Waals surface area contributed by atoms with Crippen molar-refractivity contribution in [2.45, 2.75) is 6.92 Å². The van der Waals surface area contributed by atoms with E-state index in [-0.39, 0.29) is 5.78 Å². The number of nitrogens with one attached hydrogen (secondary N) is 1. The summed E-state index contributed by atoms with van der Waals surface area (Å²) in [5.74, 6) is 0.0972. The fourth-order valence-corrected chi connectivity index (χ4v) is 0.420. The van der Waals surface area contributed by atoms with Crippen molar-refractivity contribution in [3.8, 4) is 0 Å². The molecule has 0 aliphatic carbocycles. The Morgan fingerprint density at radius 3 is 2.71 bits per heavy atom. The van der Waals surface area contributed by atoms with Gasteiger partial charge in [-0.05, 0) is 6.92 Å². The third-order valence-corrected chi connectivity index (χ3v) is 0.890. The van der Waals surface area contributed by atoms with Gasteiger partial charge < -0.3 is 5.43 Å². The van der Waals surface area contributed by atoms with Gasteiger partial charge in [-0.1, -0.05) is 0 Å². The zero-order valence-electron chi connectivity index (χ0n) is 4.06. The van der Waals surface area contributed by atoms with Gasteiger partial charge in [0, 0.05) is 0 Å². The molecular formula is C4H6N2O. The van der Waals surface area contributed by atoms with Crippen LogP contribution in [-0.4, -0.2) is 18.0 Å². The van der Waals surface area contributed by atoms with Crippen molar-refractivity contribution in [1.29, 1.82) is 0 Å². The van der Waals surface area contributed by atoms with E-state index in [9.17, 15) is 4.79 Å². The minimum absolute atomic E-state index is 0.0972. The summed E-state index contributed by atoms with van der Waals surface area (Å²) in [4.78, 5) is 10.4. The Bertz CT molecular complexity index is 128. The van der Waals surface area contributed by atoms with E-state index in [1.54, 1.807) is 6.92 Å². The Balaban J connectivity index is 2.72. The van der Waals surface area contributed by atoms with Crippen molar-refractivity contribution in [1.82, 2.24) is 5.43 Å². The Labute approximate surface area is 41.4 Å². The summed E-state index contributed by atoms with van der Waals surface area (Å²) < 4.78 is 0. The van der Waals surface area contributed by atoms with E-state index in [1.807, 2.05) is 0 Å². The highest BCUT2D eigenvalue weighted by Gasteiger charge is 2.09. The first kappa shape index (κ1) is 4.30. The molecule has 0 fully saturated rings. The third-order valence-electron chi connectivity index (χ3n) is 0.890. The molecule has 7 heavy (non-hydrogen) atoms. The van der Waals surface area contributed by atoms with Crippen LogP contribution in [0.15, 0.2) is 5.10 Å². The van der Waals surface area contributed by atoms with Gasteiger partial charge in [-0.15, -0.1) is 0 Å². The SMILES string of the molecule is CC1=NNCC1=O. The second-order valence-corrected chi connectivity index (χ2v) is 1.46. The van der Waals surface area contributed by atoms with E-state index in [1.165, 1.54) is 0 Å². The number of nitrogens with zero attached hydrogens (tertiary/aromatic N) is 1. The van der Waals surface area contributed by atoms with Crippen LogP contribution in [0.1, 0.15) is 6.92 Å². The average molecular weight is 98.1 g/mol. The molecular weight excluding hydrogens is 92.1 g/mol. The smallest absolute Gasteiger partial charge is 0.199 e. The van der Waals surface area contributed by atoms with Crippen LogP contribution in [0.4, 0.5) is 0 Å². The van der Waals surface area contributed by atoms with Crippen LogP contribution in [0.5, 0.6) is 0 Å². The first-order valence-electron chi connectivity index (χ1n) is 2.11. The highest BCUT2D eigenvalue weighted by molar-refractivity contribution is 6.40. The van der Waals surface area contributed by atoms with Gasteiger partial charge in [-0.2, -0.15) is 5.10 Å². The molecule has 1 rings (SSSR count). The van der Waals surface area contributed by atoms with Crippen LogP contribution in [0.25, 0.3) is 0 Å². The number of carbonyl (C=O) groups is 1. The van der Waals surface area contributed by atoms with Crippen molar-refractivity contribution >= 4 is 11.5 Å². The molecule has 0 unspecified atom stereocenters. The second kappa shape index (κ2) is 1.33. The van der Waals surface area contributed by atoms with Crippen molar-refractivity contribution in [2.75, 3.05) is 6.54 Å². The molecule has 38 valence electrons. The van der Waals surface area contributed by atoms with Crippen LogP contribution in [0.3, 0.4) is 0 Å². The quantitative estimate of drug-likeness (QED) is 0.445. The first-order valence-corrected chi connectivity index (χ1v) is 2.11. The van der Waals surface area contributed by atoms with Gasteiger partial charge in [0.15, 0.2) is 5.78 Å². The molecule has 0 atom stereocenters. The summed E-state index contributed by atoms with van der Waals surface area (Å²) in [5, 5.41) is 3.63. The fraction of sp³-hybridized carbons (Fsp3) is 0.500. The van der Waals surface area contributed by atoms with Crippen molar-refractivity contribution in [3.05, 3.63) is 0 Å². The highest BCUT2D eigenvalue weighted by atomic mass is 16.1. The third kappa shape index (κ3) is 0.607. The summed E-state index contributed by atoms with van der Waals surface area (Å²) in [6, 6.07) is 0. The van der Waals surface area contributed by atoms with E-state index in [4.69, 9.17) is 0 Å². The zero-order chi connectivity index (χ0) is 5.28. The molecule has 1 N–H and O–H groups in total. The number of hydrogen-bond donors (Lipinski definition) is 1. The number of hydrogen-bond acceptors (Lipinski definition) is 3. The Kier molecular flexibility index (Phi) is 0.817. The molecule has 1 heterocycles. The first-order chi connectivity index (χ1) is 3.30. The summed E-state index contributed by atoms with van der Waals surface area (Å²) in [5.41, 5.74) is 3.14. The summed E-state index contributed by atoms with van der Waals surface area (Å²) in [6.45, 7) is 2.08. The summed E-state index contributed by atoms with van der Waals surface area (Å²) >= 11 is 0. The summed E-state index contributed by atoms with van der Waals surface area (Å²) in [6.07, 6.45) is 0. The molecule has 3 heteroatoms. The predicted octanol–water partition coefficient (Wildman–Crippen LogP) is -0.465. The molecule has 1 aliphatic rings. The number of hydrazone groups is 1. The number of carbonyl (C=O) groups excluding carboxylic acids is 1. The van der Waals surface area contributed by atoms with Crippen LogP contribution in [0, 0.1) is 0 Å². The van der Waals surface area contributed by atoms with Gasteiger partial charge in [-0.25, -0.2) is 0 Å². The number of Topliss-reactive ketones (excluding diaryl/α,β-unsaturated/α-hetero) is 1. The lowest BCUT2D eigenvalue weighted by Crippen LogP contribution is -2.11. The topological polar surface area (TPSA) is 41.5 Å². The Morgan fingerprint density at radius 2 is 2.57 bits per heavy atom. The minimum atomic E-state index is 0.0972. The average Bonchev–Trinajstić information content (AvgIpc) is 1.91. The van der Waals surface area contributed by atoms with Crippen LogP contribution in [0.2, 0.25) is 0 Å². The molecule has 0 amide bonds. The number of ketones is 1. The molecule has 0 spiro atoms. The van der Waals surface area contributed by atoms with E-state index in [0.717, 1.165) is 0 Å². The predicted molar refractivity (Wildman–Crippen MR) is 26.1 cm³/mol. The van der Waals surface area contributed by atoms with Crippen molar-refractivity contribution < 1.29 is 4.79 Å². The van der Waals surface area contributed by atoms with Crippen LogP contribution in [-0.2, 0) is 4.79 Å². The van der Waals surface area contributed by atoms with Gasteiger partial charge in [-0.3, -0.25) is 4.79 Å². The van der Waals surface area contributed by atoms with Crippen molar-refractivity contribution in [2.24, 2.45) is 5.10 Å². The van der Waals surface area contributed by atoms with E-state index in [0.29, 0.717) is 12.3 Å². The normalized spacial score (nSPS) is 19.0. The van der Waals surface area contributed by atoms with E-state index in [2.05, 4.69) is 10.5 Å². The van der Waals surface area contributed by atoms with Crippen molar-refractivity contribution in [3.63, 3.8) is 0 Å². The maximum Gasteiger partial charge on any atom is 0.199 e. The number of rotatable bonds is 0. The standard InChI is InChI=1S/C4H6N2O/c1-3-4(7)2-5-6-3/h5H,2H2,1H3. The maximum absolute atomic E-state index is 10.4. The molecule has 0 aromatic carbocycles. The van der Waals surface area contributed by atoms with Crippen LogP contribution < -0.4 is 5.43 Å². The van der Waals surface area contributed by atoms with Gasteiger partial charge in [0.05, 0.1) is 6.54 Å². The lowest BCUT2D eigenvalue weighted by atomic mass is 10.3. The van der Waals surface area contributed by atoms with Gasteiger partial charge in [0.25, 0.3) is 0 Å². The zero-order valence-corrected chi connectivity index (χ0v) is 4.06. The summed E-state index contributed by atoms with van der Waals surface area (Å²) in [7, 11) is 0. The molecule has 0 saturated carbocycles. The molecule has 0 aromatic rings. The van der Waals surface area contributed by atoms with E-state index < -0.39 is 0 Å². The lowest BCUT2D eigenvalue weighted by Gasteiger charge is -1.77. The molecule has 0 radical (unpaired) electrons. The second-order valence-electron chi connectivity index (χ2n) is 1.46. The molecule has 0 aromatic heterocycles. The lowest BCUT2D eigenvalue weighted by molar-refractivity contribution is -0.111. The Hall–Kier alpha value is -0.860. The van der Waals surface area contributed by atoms with Gasteiger partial charge in [0.2, 0.25) is 0 Å². The minimum Gasteiger partial charge on any atom is -0.302 e. The Morgan fingerprint density at radius 1 is 1.86 bits per heavy atom. The van der Waals surface area contributed by atoms with Gasteiger partial charge in [0.1, 0.15) is 5.71 Å². The van der Waals surface area contributed by atoms with Crippen LogP contribution >= 0.6 is 0 Å². The van der Waals surface area contributed by atoms with E-state index >= 15 is 0 Å². The fourth-order valence-electron chi connectivity index (χ4n) is 0.420. The van der Waals surface area contributed by atoms with Gasteiger partial charge >= 0.3 is 0 Å². The molecule has 0 saturated heterocycles. The monoisotopic (exact) mass is 98.0 g/mol. The maximum atomic E-state index is 10.4. The largest absolute Gasteiger partial charge is 0.302 e. The molecule has 3 nitrogen and oxygen atoms in total. The highest BCUT2D eigenvalue weighted by Crippen LogP contribution is 1.84. The molecule has 0 bridgehead atoms.